The number of hydrogen-bond acceptors (Lipinski definition) is 4. The van der Waals surface area contributed by atoms with Crippen LogP contribution in [0, 0.1) is 0 Å². The second kappa shape index (κ2) is 16.3. The van der Waals surface area contributed by atoms with Gasteiger partial charge in [-0.25, -0.2) is 19.9 Å². The van der Waals surface area contributed by atoms with Gasteiger partial charge in [-0.05, 0) is 60.7 Å². The van der Waals surface area contributed by atoms with Crippen molar-refractivity contribution in [3.05, 3.63) is 243 Å². The largest absolute Gasteiger partial charge is 0.309 e. The first kappa shape index (κ1) is 39.1. The van der Waals surface area contributed by atoms with Gasteiger partial charge < -0.3 is 9.13 Å². The highest BCUT2D eigenvalue weighted by Gasteiger charge is 2.22. The highest BCUT2D eigenvalue weighted by Crippen LogP contribution is 2.43. The molecule has 0 amide bonds. The zero-order valence-corrected chi connectivity index (χ0v) is 36.8. The van der Waals surface area contributed by atoms with Gasteiger partial charge in [0.25, 0.3) is 0 Å². The smallest absolute Gasteiger partial charge is 0.160 e. The van der Waals surface area contributed by atoms with Gasteiger partial charge in [0.2, 0.25) is 0 Å². The first-order valence-corrected chi connectivity index (χ1v) is 22.9. The number of aromatic nitrogens is 6. The zero-order valence-electron chi connectivity index (χ0n) is 36.8. The summed E-state index contributed by atoms with van der Waals surface area (Å²) in [5.74, 6) is 1.35. The van der Waals surface area contributed by atoms with Crippen LogP contribution in [0.15, 0.2) is 243 Å². The molecular formula is C62H40N6. The minimum absolute atomic E-state index is 0.675. The number of rotatable bonds is 8. The molecule has 0 atom stereocenters. The maximum atomic E-state index is 5.18. The molecule has 9 aromatic carbocycles. The molecule has 0 N–H and O–H groups in total. The molecule has 0 spiro atoms. The van der Waals surface area contributed by atoms with Crippen molar-refractivity contribution in [2.24, 2.45) is 0 Å². The van der Waals surface area contributed by atoms with Crippen molar-refractivity contribution < 1.29 is 0 Å². The van der Waals surface area contributed by atoms with Crippen molar-refractivity contribution in [1.29, 1.82) is 0 Å². The van der Waals surface area contributed by atoms with Crippen LogP contribution in [-0.4, -0.2) is 29.1 Å². The first-order chi connectivity index (χ1) is 33.7. The predicted octanol–water partition coefficient (Wildman–Crippen LogP) is 15.5. The molecule has 68 heavy (non-hydrogen) atoms. The van der Waals surface area contributed by atoms with Crippen LogP contribution >= 0.6 is 0 Å². The van der Waals surface area contributed by atoms with Crippen molar-refractivity contribution in [1.82, 2.24) is 29.1 Å². The van der Waals surface area contributed by atoms with Crippen LogP contribution in [-0.2, 0) is 0 Å². The first-order valence-electron chi connectivity index (χ1n) is 22.9. The summed E-state index contributed by atoms with van der Waals surface area (Å²) in [7, 11) is 0. The normalized spacial score (nSPS) is 11.5. The summed E-state index contributed by atoms with van der Waals surface area (Å²) in [6.45, 7) is 0. The number of nitrogens with zero attached hydrogens (tertiary/aromatic N) is 6. The molecule has 0 aliphatic rings. The van der Waals surface area contributed by atoms with Crippen LogP contribution in [0.3, 0.4) is 0 Å². The summed E-state index contributed by atoms with van der Waals surface area (Å²) >= 11 is 0. The van der Waals surface area contributed by atoms with E-state index in [1.54, 1.807) is 0 Å². The molecule has 6 heteroatoms. The molecule has 4 aromatic heterocycles. The van der Waals surface area contributed by atoms with Gasteiger partial charge in [0.1, 0.15) is 0 Å². The monoisotopic (exact) mass is 868 g/mol. The molecule has 0 unspecified atom stereocenters. The Labute approximate surface area is 392 Å². The number of para-hydroxylation sites is 2. The van der Waals surface area contributed by atoms with E-state index in [4.69, 9.17) is 19.9 Å². The summed E-state index contributed by atoms with van der Waals surface area (Å²) in [5, 5.41) is 4.77. The van der Waals surface area contributed by atoms with Gasteiger partial charge in [-0.3, -0.25) is 0 Å². The fourth-order valence-corrected chi connectivity index (χ4v) is 9.82. The molecule has 0 saturated carbocycles. The minimum Gasteiger partial charge on any atom is -0.309 e. The van der Waals surface area contributed by atoms with Crippen LogP contribution in [0.5, 0.6) is 0 Å². The molecule has 13 aromatic rings. The standard InChI is InChI=1S/C62H40N6/c1-5-19-41(20-6-1)51-39-52(42-21-7-2-8-22-42)64-61(63-51)45-27-17-29-47(37-45)67-55-33-15-13-31-49(55)59-57(67)35-36-58-60(59)50-32-14-16-34-56(50)68(58)48-30-18-28-46(38-48)62-65-53(43-23-9-3-10-24-43)40-54(66-62)44-25-11-4-12-26-44/h1-40H. The van der Waals surface area contributed by atoms with E-state index < -0.39 is 0 Å². The molecule has 4 heterocycles. The fraction of sp³-hybridized carbons (Fsp3) is 0. The van der Waals surface area contributed by atoms with Gasteiger partial charge in [-0.1, -0.05) is 182 Å². The quantitative estimate of drug-likeness (QED) is 0.153. The summed E-state index contributed by atoms with van der Waals surface area (Å²) in [6.07, 6.45) is 0. The average Bonchev–Trinajstić information content (AvgIpc) is 3.95. The second-order valence-corrected chi connectivity index (χ2v) is 17.0. The van der Waals surface area contributed by atoms with E-state index in [9.17, 15) is 0 Å². The molecule has 0 radical (unpaired) electrons. The summed E-state index contributed by atoms with van der Waals surface area (Å²) in [5.41, 5.74) is 16.1. The van der Waals surface area contributed by atoms with Crippen LogP contribution in [0.2, 0.25) is 0 Å². The average molecular weight is 869 g/mol. The number of fused-ring (bicyclic) bond motifs is 7. The molecular weight excluding hydrogens is 829 g/mol. The van der Waals surface area contributed by atoms with E-state index in [0.29, 0.717) is 11.6 Å². The van der Waals surface area contributed by atoms with E-state index in [-0.39, 0.29) is 0 Å². The predicted molar refractivity (Wildman–Crippen MR) is 279 cm³/mol. The number of benzene rings is 9. The SMILES string of the molecule is c1ccc(-c2cc(-c3ccccc3)nc(-c3cccc(-n4c5ccccc5c5c6c7ccccc7n(-c7cccc(-c8nc(-c9ccccc9)cc(-c9ccccc9)n8)c7)c6ccc54)c3)n2)cc1. The van der Waals surface area contributed by atoms with Crippen LogP contribution < -0.4 is 0 Å². The van der Waals surface area contributed by atoms with Gasteiger partial charge in [-0.2, -0.15) is 0 Å². The van der Waals surface area contributed by atoms with Crippen molar-refractivity contribution >= 4 is 43.6 Å². The zero-order chi connectivity index (χ0) is 45.0. The maximum absolute atomic E-state index is 5.18. The third-order valence-electron chi connectivity index (χ3n) is 12.9. The van der Waals surface area contributed by atoms with Gasteiger partial charge in [0.15, 0.2) is 11.6 Å². The second-order valence-electron chi connectivity index (χ2n) is 17.0. The van der Waals surface area contributed by atoms with E-state index in [2.05, 4.69) is 228 Å². The lowest BCUT2D eigenvalue weighted by Gasteiger charge is -2.13. The molecule has 13 rings (SSSR count). The van der Waals surface area contributed by atoms with Crippen molar-refractivity contribution in [3.8, 4) is 79.2 Å². The Morgan fingerprint density at radius 1 is 0.235 bits per heavy atom. The molecule has 0 aliphatic carbocycles. The van der Waals surface area contributed by atoms with Gasteiger partial charge in [0.05, 0.1) is 44.8 Å². The summed E-state index contributed by atoms with van der Waals surface area (Å²) in [6, 6.07) is 84.9. The van der Waals surface area contributed by atoms with E-state index >= 15 is 0 Å². The maximum Gasteiger partial charge on any atom is 0.160 e. The lowest BCUT2D eigenvalue weighted by atomic mass is 10.1. The lowest BCUT2D eigenvalue weighted by Crippen LogP contribution is -1.98. The Hall–Kier alpha value is -9.26. The minimum atomic E-state index is 0.675. The Morgan fingerprint density at radius 3 is 0.897 bits per heavy atom. The highest BCUT2D eigenvalue weighted by molar-refractivity contribution is 6.29. The Morgan fingerprint density at radius 2 is 0.544 bits per heavy atom. The lowest BCUT2D eigenvalue weighted by molar-refractivity contribution is 1.15. The third-order valence-corrected chi connectivity index (χ3v) is 12.9. The van der Waals surface area contributed by atoms with Crippen molar-refractivity contribution in [2.75, 3.05) is 0 Å². The summed E-state index contributed by atoms with van der Waals surface area (Å²) < 4.78 is 4.78. The van der Waals surface area contributed by atoms with E-state index in [0.717, 1.165) is 89.6 Å². The van der Waals surface area contributed by atoms with Gasteiger partial charge in [0, 0.05) is 66.3 Å². The Balaban J connectivity index is 0.981. The Kier molecular flexibility index (Phi) is 9.39. The Bertz CT molecular complexity index is 3630. The van der Waals surface area contributed by atoms with Crippen LogP contribution in [0.1, 0.15) is 0 Å². The molecule has 0 bridgehead atoms. The van der Waals surface area contributed by atoms with Crippen molar-refractivity contribution in [2.45, 2.75) is 0 Å². The van der Waals surface area contributed by atoms with Crippen LogP contribution in [0.25, 0.3) is 123 Å². The van der Waals surface area contributed by atoms with Crippen molar-refractivity contribution in [3.63, 3.8) is 0 Å². The number of hydrogen-bond donors (Lipinski definition) is 0. The van der Waals surface area contributed by atoms with Gasteiger partial charge >= 0.3 is 0 Å². The van der Waals surface area contributed by atoms with Crippen LogP contribution in [0.4, 0.5) is 0 Å². The molecule has 0 aliphatic heterocycles. The summed E-state index contributed by atoms with van der Waals surface area (Å²) in [4.78, 5) is 20.7. The van der Waals surface area contributed by atoms with E-state index in [1.807, 2.05) is 24.3 Å². The molecule has 0 saturated heterocycles. The van der Waals surface area contributed by atoms with E-state index in [1.165, 1.54) is 21.5 Å². The van der Waals surface area contributed by atoms with Gasteiger partial charge in [-0.15, -0.1) is 0 Å². The molecule has 6 nitrogen and oxygen atoms in total. The molecule has 318 valence electrons. The molecule has 0 fully saturated rings. The third kappa shape index (κ3) is 6.74. The topological polar surface area (TPSA) is 61.4 Å². The fourth-order valence-electron chi connectivity index (χ4n) is 9.82. The highest BCUT2D eigenvalue weighted by atomic mass is 15.0.